The highest BCUT2D eigenvalue weighted by Gasteiger charge is 2.36. The molecule has 126 valence electrons. The number of rotatable bonds is 5. The van der Waals surface area contributed by atoms with Gasteiger partial charge in [-0.3, -0.25) is 0 Å². The molecule has 6 heteroatoms. The van der Waals surface area contributed by atoms with Crippen LogP contribution in [0, 0.1) is 18.3 Å². The quantitative estimate of drug-likeness (QED) is 0.658. The second-order valence-electron chi connectivity index (χ2n) is 5.43. The molecule has 1 heterocycles. The van der Waals surface area contributed by atoms with Crippen LogP contribution in [0.25, 0.3) is 0 Å². The predicted molar refractivity (Wildman–Crippen MR) is 87.4 cm³/mol. The summed E-state index contributed by atoms with van der Waals surface area (Å²) in [6, 6.07) is 9.62. The van der Waals surface area contributed by atoms with Crippen molar-refractivity contribution in [3.63, 3.8) is 0 Å². The van der Waals surface area contributed by atoms with E-state index in [1.165, 1.54) is 7.11 Å². The standard InChI is InChI=1S/C18H20N2O4/c1-11-4-6-13(7-5-11)16-14(10-19)17(20)24-12(2)15(16)18(21)23-9-8-22-3/h4-7,16H,8-9,20H2,1-3H3/t16-/m1/s1. The fourth-order valence-electron chi connectivity index (χ4n) is 2.53. The van der Waals surface area contributed by atoms with Gasteiger partial charge in [0.05, 0.1) is 18.1 Å². The summed E-state index contributed by atoms with van der Waals surface area (Å²) in [6.07, 6.45) is 0. The minimum Gasteiger partial charge on any atom is -0.460 e. The van der Waals surface area contributed by atoms with Crippen LogP contribution in [0.4, 0.5) is 0 Å². The van der Waals surface area contributed by atoms with E-state index in [4.69, 9.17) is 19.9 Å². The summed E-state index contributed by atoms with van der Waals surface area (Å²) in [6.45, 7) is 4.00. The molecule has 0 unspecified atom stereocenters. The van der Waals surface area contributed by atoms with Crippen molar-refractivity contribution in [3.8, 4) is 6.07 Å². The minimum absolute atomic E-state index is 0.00835. The summed E-state index contributed by atoms with van der Waals surface area (Å²) in [5.41, 5.74) is 8.18. The molecule has 0 radical (unpaired) electrons. The summed E-state index contributed by atoms with van der Waals surface area (Å²) in [5, 5.41) is 9.49. The van der Waals surface area contributed by atoms with Crippen LogP contribution in [0.1, 0.15) is 24.0 Å². The zero-order chi connectivity index (χ0) is 17.7. The van der Waals surface area contributed by atoms with Crippen molar-refractivity contribution >= 4 is 5.97 Å². The van der Waals surface area contributed by atoms with Gasteiger partial charge in [-0.1, -0.05) is 29.8 Å². The molecule has 0 aromatic heterocycles. The number of allylic oxidation sites excluding steroid dienone is 2. The molecule has 0 aliphatic carbocycles. The van der Waals surface area contributed by atoms with Crippen molar-refractivity contribution in [2.45, 2.75) is 19.8 Å². The third-order valence-corrected chi connectivity index (χ3v) is 3.76. The zero-order valence-electron chi connectivity index (χ0n) is 14.0. The van der Waals surface area contributed by atoms with E-state index in [1.54, 1.807) is 6.92 Å². The Kier molecular flexibility index (Phi) is 5.61. The van der Waals surface area contributed by atoms with Crippen LogP contribution >= 0.6 is 0 Å². The van der Waals surface area contributed by atoms with Crippen LogP contribution in [0.2, 0.25) is 0 Å². The Labute approximate surface area is 141 Å². The number of nitriles is 1. The van der Waals surface area contributed by atoms with E-state index in [-0.39, 0.29) is 30.2 Å². The maximum Gasteiger partial charge on any atom is 0.338 e. The molecular weight excluding hydrogens is 308 g/mol. The number of aryl methyl sites for hydroxylation is 1. The van der Waals surface area contributed by atoms with E-state index in [0.29, 0.717) is 5.76 Å². The number of ether oxygens (including phenoxy) is 3. The summed E-state index contributed by atoms with van der Waals surface area (Å²) in [5.74, 6) is -0.816. The molecule has 0 saturated carbocycles. The van der Waals surface area contributed by atoms with Crippen molar-refractivity contribution in [2.24, 2.45) is 5.73 Å². The summed E-state index contributed by atoms with van der Waals surface area (Å²) < 4.78 is 15.5. The van der Waals surface area contributed by atoms with Crippen molar-refractivity contribution < 1.29 is 19.0 Å². The second kappa shape index (κ2) is 7.66. The molecule has 1 aromatic carbocycles. The van der Waals surface area contributed by atoms with E-state index in [1.807, 2.05) is 31.2 Å². The van der Waals surface area contributed by atoms with Gasteiger partial charge in [-0.25, -0.2) is 4.79 Å². The second-order valence-corrected chi connectivity index (χ2v) is 5.43. The summed E-state index contributed by atoms with van der Waals surface area (Å²) in [4.78, 5) is 12.5. The van der Waals surface area contributed by atoms with E-state index in [2.05, 4.69) is 6.07 Å². The highest BCUT2D eigenvalue weighted by atomic mass is 16.6. The van der Waals surface area contributed by atoms with Crippen molar-refractivity contribution in [2.75, 3.05) is 20.3 Å². The molecule has 2 N–H and O–H groups in total. The van der Waals surface area contributed by atoms with Gasteiger partial charge in [-0.15, -0.1) is 0 Å². The molecule has 24 heavy (non-hydrogen) atoms. The van der Waals surface area contributed by atoms with Crippen LogP contribution in [0.5, 0.6) is 0 Å². The lowest BCUT2D eigenvalue weighted by Crippen LogP contribution is -2.26. The Morgan fingerprint density at radius 1 is 1.29 bits per heavy atom. The zero-order valence-corrected chi connectivity index (χ0v) is 14.0. The number of benzene rings is 1. The number of carbonyl (C=O) groups is 1. The first-order valence-corrected chi connectivity index (χ1v) is 7.50. The molecule has 0 amide bonds. The van der Waals surface area contributed by atoms with E-state index >= 15 is 0 Å². The molecule has 1 aliphatic heterocycles. The number of hydrogen-bond donors (Lipinski definition) is 1. The minimum atomic E-state index is -0.612. The van der Waals surface area contributed by atoms with E-state index in [0.717, 1.165) is 11.1 Å². The molecule has 0 spiro atoms. The average Bonchev–Trinajstić information content (AvgIpc) is 2.55. The third kappa shape index (κ3) is 3.58. The molecule has 1 atom stereocenters. The number of hydrogen-bond acceptors (Lipinski definition) is 6. The predicted octanol–water partition coefficient (Wildman–Crippen LogP) is 2.27. The molecule has 1 aromatic rings. The normalized spacial score (nSPS) is 17.3. The highest BCUT2D eigenvalue weighted by Crippen LogP contribution is 2.39. The fraction of sp³-hybridized carbons (Fsp3) is 0.333. The number of nitrogens with two attached hydrogens (primary N) is 1. The lowest BCUT2D eigenvalue weighted by molar-refractivity contribution is -0.140. The van der Waals surface area contributed by atoms with Gasteiger partial charge in [0.25, 0.3) is 0 Å². The van der Waals surface area contributed by atoms with Gasteiger partial charge in [-0.2, -0.15) is 5.26 Å². The third-order valence-electron chi connectivity index (χ3n) is 3.76. The topological polar surface area (TPSA) is 94.6 Å². The molecule has 1 aliphatic rings. The Morgan fingerprint density at radius 3 is 2.54 bits per heavy atom. The Morgan fingerprint density at radius 2 is 1.96 bits per heavy atom. The fourth-order valence-corrected chi connectivity index (χ4v) is 2.53. The van der Waals surface area contributed by atoms with Crippen molar-refractivity contribution in [1.82, 2.24) is 0 Å². The maximum absolute atomic E-state index is 12.5. The first-order valence-electron chi connectivity index (χ1n) is 7.50. The van der Waals surface area contributed by atoms with Crippen LogP contribution in [0.15, 0.2) is 47.1 Å². The van der Waals surface area contributed by atoms with Gasteiger partial charge >= 0.3 is 5.97 Å². The van der Waals surface area contributed by atoms with Crippen LogP contribution < -0.4 is 5.73 Å². The first kappa shape index (κ1) is 17.6. The van der Waals surface area contributed by atoms with E-state index < -0.39 is 11.9 Å². The number of nitrogens with zero attached hydrogens (tertiary/aromatic N) is 1. The Hall–Kier alpha value is -2.78. The molecule has 0 saturated heterocycles. The Balaban J connectivity index is 2.45. The SMILES string of the molecule is COCCOC(=O)C1=C(C)OC(N)=C(C#N)[C@H]1c1ccc(C)cc1. The number of esters is 1. The maximum atomic E-state index is 12.5. The lowest BCUT2D eigenvalue weighted by Gasteiger charge is -2.27. The molecular formula is C18H20N2O4. The van der Waals surface area contributed by atoms with Crippen LogP contribution in [0.3, 0.4) is 0 Å². The first-order chi connectivity index (χ1) is 11.5. The number of methoxy groups -OCH3 is 1. The lowest BCUT2D eigenvalue weighted by atomic mass is 9.83. The summed E-state index contributed by atoms with van der Waals surface area (Å²) >= 11 is 0. The van der Waals surface area contributed by atoms with Crippen molar-refractivity contribution in [1.29, 1.82) is 5.26 Å². The molecule has 0 bridgehead atoms. The van der Waals surface area contributed by atoms with Gasteiger partial charge in [0.2, 0.25) is 5.88 Å². The smallest absolute Gasteiger partial charge is 0.338 e. The molecule has 0 fully saturated rings. The van der Waals surface area contributed by atoms with E-state index in [9.17, 15) is 10.1 Å². The largest absolute Gasteiger partial charge is 0.460 e. The van der Waals surface area contributed by atoms with Crippen LogP contribution in [-0.2, 0) is 19.0 Å². The molecule has 2 rings (SSSR count). The van der Waals surface area contributed by atoms with Gasteiger partial charge in [0.15, 0.2) is 0 Å². The van der Waals surface area contributed by atoms with Crippen molar-refractivity contribution in [3.05, 3.63) is 58.2 Å². The molecule has 6 nitrogen and oxygen atoms in total. The van der Waals surface area contributed by atoms with Gasteiger partial charge in [-0.05, 0) is 19.4 Å². The summed E-state index contributed by atoms with van der Waals surface area (Å²) in [7, 11) is 1.52. The number of carbonyl (C=O) groups excluding carboxylic acids is 1. The van der Waals surface area contributed by atoms with Gasteiger partial charge in [0, 0.05) is 7.11 Å². The van der Waals surface area contributed by atoms with Crippen LogP contribution in [-0.4, -0.2) is 26.3 Å². The van der Waals surface area contributed by atoms with Gasteiger partial charge in [0.1, 0.15) is 24.0 Å². The monoisotopic (exact) mass is 328 g/mol. The average molecular weight is 328 g/mol. The highest BCUT2D eigenvalue weighted by molar-refractivity contribution is 5.92. The van der Waals surface area contributed by atoms with Gasteiger partial charge < -0.3 is 19.9 Å². The Bertz CT molecular complexity index is 726.